The van der Waals surface area contributed by atoms with Crippen LogP contribution >= 0.6 is 11.6 Å². The van der Waals surface area contributed by atoms with E-state index in [1.165, 1.54) is 6.08 Å². The molecule has 0 aliphatic rings. The number of rotatable bonds is 5. The third kappa shape index (κ3) is 4.34. The van der Waals surface area contributed by atoms with Crippen LogP contribution in [0, 0.1) is 18.3 Å². The van der Waals surface area contributed by atoms with Crippen molar-refractivity contribution in [2.24, 2.45) is 0 Å². The second-order valence-electron chi connectivity index (χ2n) is 6.36. The average molecular weight is 407 g/mol. The van der Waals surface area contributed by atoms with Crippen LogP contribution in [-0.2, 0) is 4.79 Å². The van der Waals surface area contributed by atoms with Crippen LogP contribution < -0.4 is 14.8 Å². The number of hydrogen-bond donors (Lipinski definition) is 1. The molecule has 0 fully saturated rings. The van der Waals surface area contributed by atoms with E-state index in [0.717, 1.165) is 16.3 Å². The van der Waals surface area contributed by atoms with E-state index in [1.807, 2.05) is 37.3 Å². The minimum atomic E-state index is -0.533. The Balaban J connectivity index is 2.05. The number of ether oxygens (including phenoxy) is 2. The van der Waals surface area contributed by atoms with Gasteiger partial charge in [0.25, 0.3) is 5.91 Å². The van der Waals surface area contributed by atoms with Gasteiger partial charge in [0.15, 0.2) is 0 Å². The molecule has 0 heterocycles. The van der Waals surface area contributed by atoms with Gasteiger partial charge in [-0.2, -0.15) is 5.26 Å². The number of nitrogens with one attached hydrogen (secondary N) is 1. The largest absolute Gasteiger partial charge is 0.497 e. The van der Waals surface area contributed by atoms with Crippen molar-refractivity contribution in [3.63, 3.8) is 0 Å². The summed E-state index contributed by atoms with van der Waals surface area (Å²) in [6, 6.07) is 16.5. The fourth-order valence-electron chi connectivity index (χ4n) is 2.92. The van der Waals surface area contributed by atoms with Crippen LogP contribution in [0.2, 0.25) is 5.02 Å². The summed E-state index contributed by atoms with van der Waals surface area (Å²) in [6.07, 6.45) is 1.52. The molecule has 1 N–H and O–H groups in total. The smallest absolute Gasteiger partial charge is 0.266 e. The van der Waals surface area contributed by atoms with Gasteiger partial charge in [-0.15, -0.1) is 0 Å². The molecule has 29 heavy (non-hydrogen) atoms. The fourth-order valence-corrected chi connectivity index (χ4v) is 3.10. The van der Waals surface area contributed by atoms with Crippen molar-refractivity contribution < 1.29 is 14.3 Å². The molecule has 5 nitrogen and oxygen atoms in total. The molecule has 3 rings (SSSR count). The summed E-state index contributed by atoms with van der Waals surface area (Å²) in [5.74, 6) is 0.678. The third-order valence-corrected chi connectivity index (χ3v) is 4.94. The van der Waals surface area contributed by atoms with E-state index in [2.05, 4.69) is 5.32 Å². The second kappa shape index (κ2) is 8.68. The lowest BCUT2D eigenvalue weighted by Crippen LogP contribution is -2.13. The molecule has 146 valence electrons. The van der Waals surface area contributed by atoms with Gasteiger partial charge >= 0.3 is 0 Å². The molecule has 0 saturated heterocycles. The summed E-state index contributed by atoms with van der Waals surface area (Å²) in [4.78, 5) is 12.7. The van der Waals surface area contributed by atoms with Gasteiger partial charge in [0.2, 0.25) is 0 Å². The summed E-state index contributed by atoms with van der Waals surface area (Å²) in [5.41, 5.74) is 1.97. The van der Waals surface area contributed by atoms with Crippen molar-refractivity contribution in [3.8, 4) is 17.6 Å². The first-order chi connectivity index (χ1) is 14.0. The van der Waals surface area contributed by atoms with Gasteiger partial charge in [-0.05, 0) is 59.7 Å². The molecule has 3 aromatic rings. The van der Waals surface area contributed by atoms with Crippen LogP contribution in [-0.4, -0.2) is 20.1 Å². The highest BCUT2D eigenvalue weighted by atomic mass is 35.5. The van der Waals surface area contributed by atoms with Crippen LogP contribution in [0.15, 0.2) is 54.1 Å². The number of carbonyl (C=O) groups is 1. The van der Waals surface area contributed by atoms with E-state index in [-0.39, 0.29) is 5.57 Å². The summed E-state index contributed by atoms with van der Waals surface area (Å²) < 4.78 is 10.8. The number of methoxy groups -OCH3 is 2. The summed E-state index contributed by atoms with van der Waals surface area (Å²) in [7, 11) is 3.12. The highest BCUT2D eigenvalue weighted by molar-refractivity contribution is 6.31. The monoisotopic (exact) mass is 406 g/mol. The van der Waals surface area contributed by atoms with Crippen molar-refractivity contribution in [1.82, 2.24) is 0 Å². The van der Waals surface area contributed by atoms with Gasteiger partial charge in [0, 0.05) is 16.3 Å². The van der Waals surface area contributed by atoms with Gasteiger partial charge in [-0.3, -0.25) is 4.79 Å². The van der Waals surface area contributed by atoms with Crippen LogP contribution in [0.5, 0.6) is 11.5 Å². The van der Waals surface area contributed by atoms with E-state index < -0.39 is 5.91 Å². The Morgan fingerprint density at radius 1 is 1.10 bits per heavy atom. The molecule has 3 aromatic carbocycles. The summed E-state index contributed by atoms with van der Waals surface area (Å²) in [6.45, 7) is 1.87. The fraction of sp³-hybridized carbons (Fsp3) is 0.130. The quantitative estimate of drug-likeness (QED) is 0.457. The first kappa shape index (κ1) is 20.2. The van der Waals surface area contributed by atoms with E-state index in [1.54, 1.807) is 38.5 Å². The molecule has 0 spiro atoms. The first-order valence-electron chi connectivity index (χ1n) is 8.81. The standard InChI is InChI=1S/C23H19ClN2O3/c1-14-4-7-17(11-21(14)24)26-23(27)16(13-25)10-20-19-12-18(28-2)8-5-15(19)6-9-22(20)29-3/h4-12H,1-3H3,(H,26,27)/b16-10+. The molecule has 0 aromatic heterocycles. The number of carbonyl (C=O) groups excluding carboxylic acids is 1. The third-order valence-electron chi connectivity index (χ3n) is 4.53. The normalized spacial score (nSPS) is 11.1. The number of fused-ring (bicyclic) bond motifs is 1. The lowest BCUT2D eigenvalue weighted by Gasteiger charge is -2.11. The number of nitriles is 1. The molecule has 6 heteroatoms. The lowest BCUT2D eigenvalue weighted by molar-refractivity contribution is -0.112. The Bertz CT molecular complexity index is 1160. The minimum absolute atomic E-state index is 0.0599. The molecular formula is C23H19ClN2O3. The predicted octanol–water partition coefficient (Wildman–Crippen LogP) is 5.36. The SMILES string of the molecule is COc1ccc2ccc(OC)c(/C=C(\C#N)C(=O)Nc3ccc(C)c(Cl)c3)c2c1. The summed E-state index contributed by atoms with van der Waals surface area (Å²) in [5, 5.41) is 14.6. The van der Waals surface area contributed by atoms with Crippen LogP contribution in [0.25, 0.3) is 16.8 Å². The Labute approximate surface area is 174 Å². The molecule has 0 radical (unpaired) electrons. The topological polar surface area (TPSA) is 71.3 Å². The van der Waals surface area contributed by atoms with E-state index in [0.29, 0.717) is 27.8 Å². The van der Waals surface area contributed by atoms with E-state index >= 15 is 0 Å². The molecule has 0 aliphatic heterocycles. The molecule has 0 unspecified atom stereocenters. The summed E-state index contributed by atoms with van der Waals surface area (Å²) >= 11 is 6.11. The Morgan fingerprint density at radius 3 is 2.52 bits per heavy atom. The second-order valence-corrected chi connectivity index (χ2v) is 6.76. The van der Waals surface area contributed by atoms with Crippen molar-refractivity contribution in [3.05, 3.63) is 70.3 Å². The zero-order valence-corrected chi connectivity index (χ0v) is 17.0. The number of anilines is 1. The number of amides is 1. The van der Waals surface area contributed by atoms with Crippen molar-refractivity contribution in [2.45, 2.75) is 6.92 Å². The number of benzene rings is 3. The lowest BCUT2D eigenvalue weighted by atomic mass is 10.0. The Morgan fingerprint density at radius 2 is 1.86 bits per heavy atom. The highest BCUT2D eigenvalue weighted by Gasteiger charge is 2.14. The highest BCUT2D eigenvalue weighted by Crippen LogP contribution is 2.32. The molecule has 0 aliphatic carbocycles. The molecule has 0 atom stereocenters. The first-order valence-corrected chi connectivity index (χ1v) is 9.18. The molecule has 0 saturated carbocycles. The van der Waals surface area contributed by atoms with Crippen LogP contribution in [0.4, 0.5) is 5.69 Å². The van der Waals surface area contributed by atoms with Crippen LogP contribution in [0.1, 0.15) is 11.1 Å². The number of halogens is 1. The number of nitrogens with zero attached hydrogens (tertiary/aromatic N) is 1. The maximum atomic E-state index is 12.7. The molecule has 0 bridgehead atoms. The minimum Gasteiger partial charge on any atom is -0.497 e. The van der Waals surface area contributed by atoms with Gasteiger partial charge in [0.05, 0.1) is 14.2 Å². The zero-order chi connectivity index (χ0) is 21.0. The van der Waals surface area contributed by atoms with Gasteiger partial charge in [-0.1, -0.05) is 29.8 Å². The van der Waals surface area contributed by atoms with Gasteiger partial charge in [-0.25, -0.2) is 0 Å². The molecule has 1 amide bonds. The Kier molecular flexibility index (Phi) is 6.06. The predicted molar refractivity (Wildman–Crippen MR) is 115 cm³/mol. The van der Waals surface area contributed by atoms with Crippen molar-refractivity contribution in [1.29, 1.82) is 5.26 Å². The Hall–Kier alpha value is -3.49. The van der Waals surface area contributed by atoms with Gasteiger partial charge in [0.1, 0.15) is 23.1 Å². The van der Waals surface area contributed by atoms with Crippen molar-refractivity contribution in [2.75, 3.05) is 19.5 Å². The number of aryl methyl sites for hydroxylation is 1. The van der Waals surface area contributed by atoms with Crippen LogP contribution in [0.3, 0.4) is 0 Å². The van der Waals surface area contributed by atoms with E-state index in [4.69, 9.17) is 21.1 Å². The van der Waals surface area contributed by atoms with Crippen molar-refractivity contribution >= 4 is 40.0 Å². The maximum Gasteiger partial charge on any atom is 0.266 e. The number of hydrogen-bond acceptors (Lipinski definition) is 4. The average Bonchev–Trinajstić information content (AvgIpc) is 2.73. The van der Waals surface area contributed by atoms with E-state index in [9.17, 15) is 10.1 Å². The molecular weight excluding hydrogens is 388 g/mol. The zero-order valence-electron chi connectivity index (χ0n) is 16.2. The maximum absolute atomic E-state index is 12.7. The van der Waals surface area contributed by atoms with Gasteiger partial charge < -0.3 is 14.8 Å².